The van der Waals surface area contributed by atoms with Crippen molar-refractivity contribution in [3.63, 3.8) is 0 Å². The third-order valence-electron chi connectivity index (χ3n) is 6.03. The predicted molar refractivity (Wildman–Crippen MR) is 132 cm³/mol. The van der Waals surface area contributed by atoms with E-state index >= 15 is 0 Å². The summed E-state index contributed by atoms with van der Waals surface area (Å²) in [5, 5.41) is 5.13. The van der Waals surface area contributed by atoms with E-state index in [1.807, 2.05) is 30.5 Å². The van der Waals surface area contributed by atoms with Gasteiger partial charge in [-0.15, -0.1) is 0 Å². The van der Waals surface area contributed by atoms with Crippen LogP contribution in [0, 0.1) is 26.7 Å². The lowest BCUT2D eigenvalue weighted by atomic mass is 9.96. The standard InChI is InChI=1S/C25H29ClN4S/c1-15(2)14-29-24(23(28-25(29)31)21-10-6-7-12-27-21)19-13-16(3)30(18(19)5)22-11-8-9-20(26)17(22)4/h6-13,15,23-24H,14H2,1-5H3,(H,28,31). The number of hydrogen-bond acceptors (Lipinski definition) is 2. The Morgan fingerprint density at radius 3 is 2.58 bits per heavy atom. The molecule has 1 N–H and O–H groups in total. The van der Waals surface area contributed by atoms with E-state index in [4.69, 9.17) is 23.8 Å². The fraction of sp³-hybridized carbons (Fsp3) is 0.360. The quantitative estimate of drug-likeness (QED) is 0.475. The highest BCUT2D eigenvalue weighted by atomic mass is 35.5. The van der Waals surface area contributed by atoms with Gasteiger partial charge in [0.25, 0.3) is 0 Å². The number of hydrogen-bond donors (Lipinski definition) is 1. The van der Waals surface area contributed by atoms with E-state index < -0.39 is 0 Å². The van der Waals surface area contributed by atoms with E-state index in [0.29, 0.717) is 5.92 Å². The highest BCUT2D eigenvalue weighted by Crippen LogP contribution is 2.42. The molecule has 1 aromatic carbocycles. The smallest absolute Gasteiger partial charge is 0.170 e. The molecule has 2 aromatic heterocycles. The van der Waals surface area contributed by atoms with Crippen molar-refractivity contribution < 1.29 is 0 Å². The molecule has 3 aromatic rings. The van der Waals surface area contributed by atoms with E-state index in [2.05, 4.69) is 72.6 Å². The van der Waals surface area contributed by atoms with Crippen LogP contribution in [0.4, 0.5) is 0 Å². The molecule has 2 unspecified atom stereocenters. The van der Waals surface area contributed by atoms with Gasteiger partial charge >= 0.3 is 0 Å². The van der Waals surface area contributed by atoms with Crippen LogP contribution in [0.25, 0.3) is 5.69 Å². The first kappa shape index (κ1) is 21.8. The number of benzene rings is 1. The van der Waals surface area contributed by atoms with Gasteiger partial charge in [0, 0.05) is 34.8 Å². The third kappa shape index (κ3) is 3.97. The molecule has 1 saturated heterocycles. The molecular formula is C25H29ClN4S. The van der Waals surface area contributed by atoms with Gasteiger partial charge in [0.2, 0.25) is 0 Å². The summed E-state index contributed by atoms with van der Waals surface area (Å²) in [6.07, 6.45) is 1.85. The zero-order chi connectivity index (χ0) is 22.3. The number of aryl methyl sites for hydroxylation is 1. The molecule has 0 aliphatic carbocycles. The van der Waals surface area contributed by atoms with Crippen LogP contribution in [0.2, 0.25) is 5.02 Å². The van der Waals surface area contributed by atoms with Crippen LogP contribution < -0.4 is 5.32 Å². The van der Waals surface area contributed by atoms with Crippen LogP contribution in [-0.2, 0) is 0 Å². The number of thiocarbonyl (C=S) groups is 1. The molecule has 0 spiro atoms. The molecule has 0 bridgehead atoms. The van der Waals surface area contributed by atoms with Crippen molar-refractivity contribution >= 4 is 28.9 Å². The Hall–Kier alpha value is -2.37. The molecule has 162 valence electrons. The first-order valence-electron chi connectivity index (χ1n) is 10.7. The highest BCUT2D eigenvalue weighted by molar-refractivity contribution is 7.80. The molecule has 2 atom stereocenters. The summed E-state index contributed by atoms with van der Waals surface area (Å²) in [5.41, 5.74) is 6.85. The number of halogens is 1. The fourth-order valence-electron chi connectivity index (χ4n) is 4.63. The molecule has 1 aliphatic rings. The monoisotopic (exact) mass is 452 g/mol. The van der Waals surface area contributed by atoms with Crippen molar-refractivity contribution in [3.05, 3.63) is 81.9 Å². The molecule has 6 heteroatoms. The van der Waals surface area contributed by atoms with Gasteiger partial charge in [0.15, 0.2) is 5.11 Å². The van der Waals surface area contributed by atoms with Crippen molar-refractivity contribution in [2.75, 3.05) is 6.54 Å². The van der Waals surface area contributed by atoms with E-state index in [-0.39, 0.29) is 12.1 Å². The summed E-state index contributed by atoms with van der Waals surface area (Å²) in [4.78, 5) is 6.98. The zero-order valence-electron chi connectivity index (χ0n) is 18.7. The van der Waals surface area contributed by atoms with E-state index in [0.717, 1.165) is 33.6 Å². The number of pyridine rings is 1. The Morgan fingerprint density at radius 2 is 1.90 bits per heavy atom. The van der Waals surface area contributed by atoms with Crippen molar-refractivity contribution in [3.8, 4) is 5.69 Å². The Bertz CT molecular complexity index is 1110. The lowest BCUT2D eigenvalue weighted by molar-refractivity contribution is 0.287. The average Bonchev–Trinajstić information content (AvgIpc) is 3.20. The van der Waals surface area contributed by atoms with E-state index in [1.165, 1.54) is 17.0 Å². The molecule has 1 fully saturated rings. The lowest BCUT2D eigenvalue weighted by Gasteiger charge is -2.29. The molecule has 4 rings (SSSR count). The maximum atomic E-state index is 6.45. The van der Waals surface area contributed by atoms with E-state index in [1.54, 1.807) is 0 Å². The minimum atomic E-state index is 0.00172. The second kappa shape index (κ2) is 8.64. The second-order valence-electron chi connectivity index (χ2n) is 8.72. The Labute approximate surface area is 195 Å². The van der Waals surface area contributed by atoms with Crippen LogP contribution in [0.1, 0.15) is 54.1 Å². The Kier molecular flexibility index (Phi) is 6.09. The van der Waals surface area contributed by atoms with Gasteiger partial charge in [-0.05, 0) is 80.4 Å². The number of nitrogens with one attached hydrogen (secondary N) is 1. The largest absolute Gasteiger partial charge is 0.352 e. The van der Waals surface area contributed by atoms with Gasteiger partial charge in [0.05, 0.1) is 17.8 Å². The third-order valence-corrected chi connectivity index (χ3v) is 6.79. The van der Waals surface area contributed by atoms with Crippen LogP contribution in [0.5, 0.6) is 0 Å². The number of nitrogens with zero attached hydrogens (tertiary/aromatic N) is 3. The zero-order valence-corrected chi connectivity index (χ0v) is 20.3. The molecule has 4 nitrogen and oxygen atoms in total. The number of rotatable bonds is 5. The molecule has 3 heterocycles. The second-order valence-corrected chi connectivity index (χ2v) is 9.51. The summed E-state index contributed by atoms with van der Waals surface area (Å²) >= 11 is 12.2. The molecule has 0 saturated carbocycles. The minimum absolute atomic E-state index is 0.00172. The van der Waals surface area contributed by atoms with Gasteiger partial charge in [-0.3, -0.25) is 4.98 Å². The van der Waals surface area contributed by atoms with Crippen LogP contribution in [-0.4, -0.2) is 26.1 Å². The van der Waals surface area contributed by atoms with Gasteiger partial charge in [-0.1, -0.05) is 37.6 Å². The van der Waals surface area contributed by atoms with Crippen molar-refractivity contribution in [2.24, 2.45) is 5.92 Å². The lowest BCUT2D eigenvalue weighted by Crippen LogP contribution is -2.33. The fourth-order valence-corrected chi connectivity index (χ4v) is 5.11. The summed E-state index contributed by atoms with van der Waals surface area (Å²) in [6.45, 7) is 11.8. The summed E-state index contributed by atoms with van der Waals surface area (Å²) < 4.78 is 2.31. The Balaban J connectivity index is 1.86. The van der Waals surface area contributed by atoms with E-state index in [9.17, 15) is 0 Å². The van der Waals surface area contributed by atoms with Crippen molar-refractivity contribution in [1.29, 1.82) is 0 Å². The summed E-state index contributed by atoms with van der Waals surface area (Å²) in [7, 11) is 0. The molecular weight excluding hydrogens is 424 g/mol. The average molecular weight is 453 g/mol. The normalized spacial score (nSPS) is 18.7. The SMILES string of the molecule is Cc1c(Cl)cccc1-n1c(C)cc(C2C(c3ccccn3)NC(=S)N2CC(C)C)c1C. The van der Waals surface area contributed by atoms with Crippen LogP contribution >= 0.6 is 23.8 Å². The molecule has 1 aliphatic heterocycles. The minimum Gasteiger partial charge on any atom is -0.352 e. The maximum Gasteiger partial charge on any atom is 0.170 e. The van der Waals surface area contributed by atoms with Crippen LogP contribution in [0.3, 0.4) is 0 Å². The van der Waals surface area contributed by atoms with Gasteiger partial charge in [-0.25, -0.2) is 0 Å². The first-order valence-corrected chi connectivity index (χ1v) is 11.5. The topological polar surface area (TPSA) is 33.1 Å². The van der Waals surface area contributed by atoms with Crippen LogP contribution in [0.15, 0.2) is 48.7 Å². The van der Waals surface area contributed by atoms with Gasteiger partial charge in [0.1, 0.15) is 0 Å². The predicted octanol–water partition coefficient (Wildman–Crippen LogP) is 6.08. The molecule has 0 radical (unpaired) electrons. The Morgan fingerprint density at radius 1 is 1.13 bits per heavy atom. The van der Waals surface area contributed by atoms with Crippen molar-refractivity contribution in [2.45, 2.75) is 46.7 Å². The maximum absolute atomic E-state index is 6.45. The summed E-state index contributed by atoms with van der Waals surface area (Å²) in [6, 6.07) is 14.5. The highest BCUT2D eigenvalue weighted by Gasteiger charge is 2.41. The summed E-state index contributed by atoms with van der Waals surface area (Å²) in [5.74, 6) is 0.489. The molecule has 31 heavy (non-hydrogen) atoms. The molecule has 0 amide bonds. The van der Waals surface area contributed by atoms with Crippen molar-refractivity contribution in [1.82, 2.24) is 19.8 Å². The first-order chi connectivity index (χ1) is 14.8. The van der Waals surface area contributed by atoms with Gasteiger partial charge < -0.3 is 14.8 Å². The van der Waals surface area contributed by atoms with Gasteiger partial charge in [-0.2, -0.15) is 0 Å². The number of aromatic nitrogens is 2.